The third-order valence-electron chi connectivity index (χ3n) is 9.69. The smallest absolute Gasteiger partial charge is 0.550 e. The molecule has 4 rings (SSSR count). The maximum Gasteiger partial charge on any atom is 2.00 e. The van der Waals surface area contributed by atoms with Gasteiger partial charge in [-0.05, 0) is 117 Å². The van der Waals surface area contributed by atoms with Crippen LogP contribution in [0, 0.1) is 17.8 Å². The molecule has 0 aliphatic heterocycles. The summed E-state index contributed by atoms with van der Waals surface area (Å²) in [5.74, 6) is 0.428. The molecule has 2 aliphatic carbocycles. The number of nitrogens with zero attached hydrogens (tertiary/aromatic N) is 2. The summed E-state index contributed by atoms with van der Waals surface area (Å²) < 4.78 is 0. The van der Waals surface area contributed by atoms with Crippen molar-refractivity contribution in [3.05, 3.63) is 57.6 Å². The van der Waals surface area contributed by atoms with Crippen LogP contribution in [0.3, 0.4) is 0 Å². The van der Waals surface area contributed by atoms with Crippen LogP contribution in [0.1, 0.15) is 155 Å². The van der Waals surface area contributed by atoms with Crippen molar-refractivity contribution < 1.29 is 46.8 Å². The first kappa shape index (κ1) is 46.8. The largest absolute Gasteiger partial charge is 2.00 e. The van der Waals surface area contributed by atoms with E-state index in [0.29, 0.717) is 29.3 Å². The molecule has 8 nitrogen and oxygen atoms in total. The second kappa shape index (κ2) is 19.8. The number of hydrogen-bond acceptors (Lipinski definition) is 8. The van der Waals surface area contributed by atoms with Gasteiger partial charge >= 0.3 is 16.8 Å². The van der Waals surface area contributed by atoms with Crippen LogP contribution >= 0.6 is 0 Å². The van der Waals surface area contributed by atoms with E-state index >= 15 is 0 Å². The van der Waals surface area contributed by atoms with Gasteiger partial charge in [0, 0.05) is 46.6 Å². The number of fused-ring (bicyclic) bond motifs is 2. The molecule has 0 aromatic heterocycles. The van der Waals surface area contributed by atoms with Crippen molar-refractivity contribution in [3.63, 3.8) is 0 Å². The number of hydrogen-bond donors (Lipinski definition) is 2. The molecule has 0 saturated heterocycles. The minimum Gasteiger partial charge on any atom is -0.550 e. The predicted octanol–water partition coefficient (Wildman–Crippen LogP) is 7.23. The number of aryl methyl sites for hydroxylation is 2. The Hall–Kier alpha value is -3.17. The molecule has 3 atom stereocenters. The molecule has 2 aromatic rings. The topological polar surface area (TPSA) is 145 Å². The fourth-order valence-electron chi connectivity index (χ4n) is 6.95. The van der Waals surface area contributed by atoms with Crippen molar-refractivity contribution in [2.24, 2.45) is 27.7 Å². The second-order valence-corrected chi connectivity index (χ2v) is 17.5. The summed E-state index contributed by atoms with van der Waals surface area (Å²) in [5, 5.41) is 40.5. The van der Waals surface area contributed by atoms with Crippen molar-refractivity contribution in [1.29, 1.82) is 0 Å². The molecular formula is C43H64CoN2O6. The number of rotatable bonds is 10. The molecule has 2 N–H and O–H groups in total. The fourth-order valence-corrected chi connectivity index (χ4v) is 6.95. The summed E-state index contributed by atoms with van der Waals surface area (Å²) in [7, 11) is 0. The molecule has 2 bridgehead atoms. The van der Waals surface area contributed by atoms with E-state index in [4.69, 9.17) is 29.8 Å². The third-order valence-corrected chi connectivity index (χ3v) is 9.69. The van der Waals surface area contributed by atoms with E-state index in [9.17, 15) is 10.2 Å². The number of carbonyl (C=O) groups is 2. The van der Waals surface area contributed by atoms with E-state index in [2.05, 4.69) is 93.5 Å². The first-order chi connectivity index (χ1) is 23.4. The monoisotopic (exact) mass is 763 g/mol. The molecule has 52 heavy (non-hydrogen) atoms. The molecule has 2 fully saturated rings. The van der Waals surface area contributed by atoms with Crippen molar-refractivity contribution in [2.75, 3.05) is 0 Å². The van der Waals surface area contributed by atoms with E-state index in [1.165, 1.54) is 17.5 Å². The standard InChI is InChI=1S/C39H58N2O2.2C2H4O2.Co/c1-25(2)11-13-27-17-30(35(42)32(19-27)37(5,6)7)23-40-34-21-29-15-16-39(34,22-29)41-24-31-18-28(14-12-26(3)4)20-33(36(31)43)38(8,9)10;2*1-2(3)4;/h17-20,23-26,29,34,42-43H,11-16,21-22H2,1-10H3;2*1H3,(H,3,4);/q;;;+2/p-2. The molecular weight excluding hydrogens is 699 g/mol. The predicted molar refractivity (Wildman–Crippen MR) is 205 cm³/mol. The van der Waals surface area contributed by atoms with Crippen molar-refractivity contribution >= 4 is 24.4 Å². The van der Waals surface area contributed by atoms with Crippen LogP contribution in [0.4, 0.5) is 0 Å². The quantitative estimate of drug-likeness (QED) is 0.245. The molecule has 9 heteroatoms. The maximum absolute atomic E-state index is 11.4. The third kappa shape index (κ3) is 14.3. The number of phenolic OH excluding ortho intramolecular Hbond substituents is 2. The summed E-state index contributed by atoms with van der Waals surface area (Å²) in [4.78, 5) is 28.2. The average molecular weight is 764 g/mol. The summed E-state index contributed by atoms with van der Waals surface area (Å²) in [5.41, 5.74) is 5.58. The van der Waals surface area contributed by atoms with Crippen LogP contribution in [-0.2, 0) is 50.0 Å². The molecule has 0 amide bonds. The zero-order valence-electron chi connectivity index (χ0n) is 33.7. The number of carboxylic acids is 2. The van der Waals surface area contributed by atoms with Crippen LogP contribution in [-0.4, -0.2) is 46.2 Å². The Bertz CT molecular complexity index is 1530. The van der Waals surface area contributed by atoms with Gasteiger partial charge in [0.1, 0.15) is 11.5 Å². The number of benzene rings is 2. The van der Waals surface area contributed by atoms with E-state index < -0.39 is 11.9 Å². The Labute approximate surface area is 323 Å². The average Bonchev–Trinajstić information content (AvgIpc) is 3.55. The van der Waals surface area contributed by atoms with Crippen LogP contribution in [0.15, 0.2) is 34.3 Å². The number of aliphatic imine (C=N–C) groups is 2. The molecule has 1 radical (unpaired) electrons. The van der Waals surface area contributed by atoms with Crippen LogP contribution in [0.2, 0.25) is 0 Å². The first-order valence-corrected chi connectivity index (χ1v) is 18.6. The summed E-state index contributed by atoms with van der Waals surface area (Å²) in [6.45, 7) is 23.9. The van der Waals surface area contributed by atoms with Gasteiger partial charge in [-0.3, -0.25) is 9.98 Å². The normalized spacial score (nSPS) is 19.7. The number of phenols is 2. The fraction of sp³-hybridized carbons (Fsp3) is 0.628. The number of aliphatic carboxylic acids is 2. The van der Waals surface area contributed by atoms with E-state index in [1.54, 1.807) is 0 Å². The molecule has 0 spiro atoms. The zero-order valence-corrected chi connectivity index (χ0v) is 34.7. The number of carboxylic acid groups (broad SMARTS) is 2. The molecule has 2 aromatic carbocycles. The van der Waals surface area contributed by atoms with Gasteiger partial charge in [0.15, 0.2) is 0 Å². The zero-order chi connectivity index (χ0) is 38.9. The van der Waals surface area contributed by atoms with Gasteiger partial charge in [0.05, 0.1) is 11.6 Å². The Balaban J connectivity index is 0.00000136. The minimum absolute atomic E-state index is 0. The summed E-state index contributed by atoms with van der Waals surface area (Å²) in [6, 6.07) is 8.73. The second-order valence-electron chi connectivity index (χ2n) is 17.5. The van der Waals surface area contributed by atoms with E-state index in [0.717, 1.165) is 81.0 Å². The van der Waals surface area contributed by atoms with Crippen molar-refractivity contribution in [1.82, 2.24) is 0 Å². The molecule has 2 aliphatic rings. The van der Waals surface area contributed by atoms with E-state index in [-0.39, 0.29) is 39.2 Å². The van der Waals surface area contributed by atoms with Gasteiger partial charge in [-0.15, -0.1) is 0 Å². The molecule has 0 heterocycles. The molecule has 3 unspecified atom stereocenters. The summed E-state index contributed by atoms with van der Waals surface area (Å²) >= 11 is 0. The van der Waals surface area contributed by atoms with Crippen molar-refractivity contribution in [2.45, 2.75) is 157 Å². The van der Waals surface area contributed by atoms with E-state index in [1.807, 2.05) is 12.4 Å². The van der Waals surface area contributed by atoms with Gasteiger partial charge in [-0.2, -0.15) is 0 Å². The minimum atomic E-state index is -1.08. The van der Waals surface area contributed by atoms with Gasteiger partial charge in [-0.1, -0.05) is 81.4 Å². The van der Waals surface area contributed by atoms with Gasteiger partial charge in [-0.25, -0.2) is 0 Å². The Morgan fingerprint density at radius 2 is 1.21 bits per heavy atom. The van der Waals surface area contributed by atoms with Crippen LogP contribution in [0.25, 0.3) is 0 Å². The first-order valence-electron chi connectivity index (χ1n) is 18.6. The number of carbonyl (C=O) groups excluding carboxylic acids is 2. The van der Waals surface area contributed by atoms with Gasteiger partial charge < -0.3 is 30.0 Å². The Morgan fingerprint density at radius 1 is 0.808 bits per heavy atom. The van der Waals surface area contributed by atoms with Gasteiger partial charge in [0.25, 0.3) is 0 Å². The number of aromatic hydroxyl groups is 2. The van der Waals surface area contributed by atoms with Gasteiger partial charge in [0.2, 0.25) is 0 Å². The Morgan fingerprint density at radius 3 is 1.58 bits per heavy atom. The SMILES string of the molecule is CC(=O)[O-].CC(=O)[O-].CC(C)CCc1cc(C=NC2CC3CCC2(N=Cc2cc(CCC(C)C)cc(C(C)(C)C)c2O)C3)c(O)c(C(C)(C)C)c1.[Co+2]. The van der Waals surface area contributed by atoms with Crippen LogP contribution in [0.5, 0.6) is 11.5 Å². The molecule has 2 saturated carbocycles. The summed E-state index contributed by atoms with van der Waals surface area (Å²) in [6.07, 6.45) is 12.4. The van der Waals surface area contributed by atoms with Crippen molar-refractivity contribution in [3.8, 4) is 11.5 Å². The Kier molecular flexibility index (Phi) is 17.8. The van der Waals surface area contributed by atoms with Crippen LogP contribution < -0.4 is 10.2 Å². The molecule has 291 valence electrons. The maximum atomic E-state index is 11.4.